The monoisotopic (exact) mass is 323 g/mol. The molecule has 2 fully saturated rings. The van der Waals surface area contributed by atoms with Crippen LogP contribution in [0.15, 0.2) is 60.7 Å². The molecule has 2 saturated heterocycles. The van der Waals surface area contributed by atoms with Crippen LogP contribution in [0.3, 0.4) is 0 Å². The number of hydrogen-bond acceptors (Lipinski definition) is 3. The van der Waals surface area contributed by atoms with Gasteiger partial charge in [-0.05, 0) is 25.8 Å². The van der Waals surface area contributed by atoms with E-state index in [2.05, 4.69) is 53.8 Å². The van der Waals surface area contributed by atoms with Gasteiger partial charge in [0.15, 0.2) is 0 Å². The second kappa shape index (κ2) is 7.06. The van der Waals surface area contributed by atoms with Gasteiger partial charge in [-0.15, -0.1) is 0 Å². The normalized spacial score (nSPS) is 26.8. The van der Waals surface area contributed by atoms with Crippen molar-refractivity contribution in [2.24, 2.45) is 0 Å². The number of nitrogens with one attached hydrogen (secondary N) is 1. The Bertz CT molecular complexity index is 598. The molecule has 0 aliphatic carbocycles. The summed E-state index contributed by atoms with van der Waals surface area (Å²) >= 11 is 0. The first-order valence-corrected chi connectivity index (χ1v) is 9.05. The Kier molecular flexibility index (Phi) is 4.65. The van der Waals surface area contributed by atoms with E-state index < -0.39 is 5.79 Å². The summed E-state index contributed by atoms with van der Waals surface area (Å²) in [5.74, 6) is -0.801. The van der Waals surface area contributed by atoms with Crippen LogP contribution in [-0.2, 0) is 15.3 Å². The molecule has 0 saturated carbocycles. The zero-order chi connectivity index (χ0) is 16.2. The van der Waals surface area contributed by atoms with E-state index in [4.69, 9.17) is 9.47 Å². The molecule has 2 atom stereocenters. The second-order valence-corrected chi connectivity index (χ2v) is 6.70. The van der Waals surface area contributed by atoms with Crippen molar-refractivity contribution in [3.63, 3.8) is 0 Å². The Hall–Kier alpha value is -1.68. The molecule has 0 radical (unpaired) electrons. The maximum atomic E-state index is 6.70. The molecule has 0 amide bonds. The van der Waals surface area contributed by atoms with Crippen molar-refractivity contribution in [3.05, 3.63) is 71.8 Å². The molecule has 3 nitrogen and oxygen atoms in total. The number of ether oxygens (including phenoxy) is 2. The van der Waals surface area contributed by atoms with Crippen molar-refractivity contribution in [3.8, 4) is 0 Å². The molecular formula is C21H25NO2. The summed E-state index contributed by atoms with van der Waals surface area (Å²) in [6.07, 6.45) is 4.85. The Morgan fingerprint density at radius 2 is 1.50 bits per heavy atom. The van der Waals surface area contributed by atoms with Crippen LogP contribution in [0.4, 0.5) is 0 Å². The molecule has 0 spiro atoms. The molecule has 2 aliphatic rings. The van der Waals surface area contributed by atoms with Crippen LogP contribution >= 0.6 is 0 Å². The lowest BCUT2D eigenvalue weighted by molar-refractivity contribution is -0.284. The Morgan fingerprint density at radius 3 is 2.08 bits per heavy atom. The third kappa shape index (κ3) is 3.00. The summed E-state index contributed by atoms with van der Waals surface area (Å²) in [6, 6.07) is 21.1. The summed E-state index contributed by atoms with van der Waals surface area (Å²) in [5.41, 5.74) is 2.13. The lowest BCUT2D eigenvalue weighted by Crippen LogP contribution is -2.52. The molecule has 0 aromatic heterocycles. The van der Waals surface area contributed by atoms with Gasteiger partial charge in [-0.3, -0.25) is 0 Å². The first kappa shape index (κ1) is 15.8. The maximum Gasteiger partial charge on any atom is 0.222 e. The van der Waals surface area contributed by atoms with Gasteiger partial charge in [0.1, 0.15) is 0 Å². The Labute approximate surface area is 144 Å². The lowest BCUT2D eigenvalue weighted by Gasteiger charge is -2.45. The summed E-state index contributed by atoms with van der Waals surface area (Å²) in [6.45, 7) is 1.81. The number of rotatable bonds is 3. The molecule has 2 aromatic rings. The average molecular weight is 323 g/mol. The minimum Gasteiger partial charge on any atom is -0.342 e. The fourth-order valence-electron chi connectivity index (χ4n) is 3.89. The van der Waals surface area contributed by atoms with E-state index >= 15 is 0 Å². The fraction of sp³-hybridized carbons (Fsp3) is 0.429. The van der Waals surface area contributed by atoms with Crippen LogP contribution < -0.4 is 5.32 Å². The van der Waals surface area contributed by atoms with Crippen LogP contribution in [0, 0.1) is 0 Å². The van der Waals surface area contributed by atoms with Crippen LogP contribution in [0.2, 0.25) is 0 Å². The first-order valence-electron chi connectivity index (χ1n) is 9.05. The Morgan fingerprint density at radius 1 is 0.833 bits per heavy atom. The van der Waals surface area contributed by atoms with E-state index in [1.807, 2.05) is 12.1 Å². The molecular weight excluding hydrogens is 298 g/mol. The molecule has 3 heteroatoms. The summed E-state index contributed by atoms with van der Waals surface area (Å²) in [4.78, 5) is 0. The van der Waals surface area contributed by atoms with Crippen LogP contribution in [0.1, 0.15) is 36.8 Å². The molecule has 2 aliphatic heterocycles. The van der Waals surface area contributed by atoms with E-state index in [1.54, 1.807) is 0 Å². The van der Waals surface area contributed by atoms with Crippen molar-refractivity contribution >= 4 is 0 Å². The van der Waals surface area contributed by atoms with Crippen molar-refractivity contribution in [2.45, 2.75) is 43.6 Å². The zero-order valence-corrected chi connectivity index (χ0v) is 14.0. The van der Waals surface area contributed by atoms with Crippen molar-refractivity contribution < 1.29 is 9.47 Å². The molecule has 1 N–H and O–H groups in total. The molecule has 0 unspecified atom stereocenters. The van der Waals surface area contributed by atoms with Gasteiger partial charge < -0.3 is 14.8 Å². The third-order valence-corrected chi connectivity index (χ3v) is 5.13. The minimum atomic E-state index is -0.801. The third-order valence-electron chi connectivity index (χ3n) is 5.13. The van der Waals surface area contributed by atoms with Crippen LogP contribution in [0.25, 0.3) is 0 Å². The predicted molar refractivity (Wildman–Crippen MR) is 94.7 cm³/mol. The average Bonchev–Trinajstić information content (AvgIpc) is 2.70. The highest BCUT2D eigenvalue weighted by molar-refractivity contribution is 5.34. The van der Waals surface area contributed by atoms with Crippen molar-refractivity contribution in [1.29, 1.82) is 0 Å². The molecule has 126 valence electrons. The summed E-state index contributed by atoms with van der Waals surface area (Å²) in [5, 5.41) is 3.65. The number of hydrogen-bond donors (Lipinski definition) is 1. The topological polar surface area (TPSA) is 30.5 Å². The van der Waals surface area contributed by atoms with Gasteiger partial charge in [0.2, 0.25) is 5.79 Å². The lowest BCUT2D eigenvalue weighted by atomic mass is 9.92. The fourth-order valence-corrected chi connectivity index (χ4v) is 3.89. The zero-order valence-electron chi connectivity index (χ0n) is 14.0. The van der Waals surface area contributed by atoms with Gasteiger partial charge in [0.25, 0.3) is 0 Å². The Balaban J connectivity index is 1.70. The van der Waals surface area contributed by atoms with Gasteiger partial charge >= 0.3 is 0 Å². The van der Waals surface area contributed by atoms with E-state index in [0.29, 0.717) is 12.6 Å². The van der Waals surface area contributed by atoms with Gasteiger partial charge in [0.05, 0.1) is 12.7 Å². The first-order chi connectivity index (χ1) is 11.9. The second-order valence-electron chi connectivity index (χ2n) is 6.70. The highest BCUT2D eigenvalue weighted by atomic mass is 16.7. The number of benzene rings is 2. The highest BCUT2D eigenvalue weighted by Crippen LogP contribution is 2.40. The van der Waals surface area contributed by atoms with Gasteiger partial charge in [0, 0.05) is 17.2 Å². The molecule has 24 heavy (non-hydrogen) atoms. The minimum absolute atomic E-state index is 0.180. The van der Waals surface area contributed by atoms with E-state index in [-0.39, 0.29) is 6.10 Å². The van der Waals surface area contributed by atoms with Crippen molar-refractivity contribution in [1.82, 2.24) is 5.32 Å². The van der Waals surface area contributed by atoms with Crippen molar-refractivity contribution in [2.75, 3.05) is 13.2 Å². The molecule has 0 bridgehead atoms. The molecule has 4 rings (SSSR count). The quantitative estimate of drug-likeness (QED) is 0.931. The predicted octanol–water partition coefficient (Wildman–Crippen LogP) is 3.84. The van der Waals surface area contributed by atoms with Gasteiger partial charge in [-0.2, -0.15) is 0 Å². The number of piperidine rings is 1. The molecule has 2 aromatic carbocycles. The van der Waals surface area contributed by atoms with Gasteiger partial charge in [-0.1, -0.05) is 67.1 Å². The van der Waals surface area contributed by atoms with Crippen LogP contribution in [0.5, 0.6) is 0 Å². The van der Waals surface area contributed by atoms with Crippen LogP contribution in [-0.4, -0.2) is 25.3 Å². The van der Waals surface area contributed by atoms with E-state index in [0.717, 1.165) is 24.1 Å². The largest absolute Gasteiger partial charge is 0.342 e. The summed E-state index contributed by atoms with van der Waals surface area (Å²) in [7, 11) is 0. The summed E-state index contributed by atoms with van der Waals surface area (Å²) < 4.78 is 13.0. The highest BCUT2D eigenvalue weighted by Gasteiger charge is 2.44. The SMILES string of the molecule is c1ccc(C2(c3ccccc3)OCC[C@@H]([C@@H]3CCCCN3)O2)cc1. The van der Waals surface area contributed by atoms with E-state index in [9.17, 15) is 0 Å². The van der Waals surface area contributed by atoms with Gasteiger partial charge in [-0.25, -0.2) is 0 Å². The smallest absolute Gasteiger partial charge is 0.222 e. The maximum absolute atomic E-state index is 6.70. The molecule has 2 heterocycles. The standard InChI is InChI=1S/C21H25NO2/c1-3-9-17(10-4-1)21(18-11-5-2-6-12-18)23-16-14-20(24-21)19-13-7-8-15-22-19/h1-6,9-12,19-20,22H,7-8,13-16H2/t19-,20-/m0/s1. The van der Waals surface area contributed by atoms with E-state index in [1.165, 1.54) is 19.3 Å².